The van der Waals surface area contributed by atoms with Crippen LogP contribution in [0.1, 0.15) is 37.5 Å². The standard InChI is InChI=1S/C29H33ClN2O3/c1-21-10-12-23(13-11-21)19-32(27(33)20-35-25-16-14-24(30)15-17-25)26(28(34)31-29(2,3)4)18-22-8-6-5-7-9-22/h5-17,26H,18-20H2,1-4H3,(H,31,34). The van der Waals surface area contributed by atoms with Gasteiger partial charge in [0.2, 0.25) is 5.91 Å². The summed E-state index contributed by atoms with van der Waals surface area (Å²) >= 11 is 5.96. The van der Waals surface area contributed by atoms with Gasteiger partial charge in [-0.3, -0.25) is 9.59 Å². The summed E-state index contributed by atoms with van der Waals surface area (Å²) in [5.41, 5.74) is 2.60. The van der Waals surface area contributed by atoms with E-state index in [0.717, 1.165) is 16.7 Å². The molecule has 1 atom stereocenters. The molecule has 3 rings (SSSR count). The summed E-state index contributed by atoms with van der Waals surface area (Å²) in [7, 11) is 0. The van der Waals surface area contributed by atoms with Gasteiger partial charge < -0.3 is 15.0 Å². The fourth-order valence-electron chi connectivity index (χ4n) is 3.66. The van der Waals surface area contributed by atoms with E-state index in [-0.39, 0.29) is 25.0 Å². The molecule has 0 saturated heterocycles. The maximum absolute atomic E-state index is 13.6. The molecule has 6 heteroatoms. The van der Waals surface area contributed by atoms with Crippen LogP contribution in [0.25, 0.3) is 0 Å². The zero-order valence-electron chi connectivity index (χ0n) is 20.8. The van der Waals surface area contributed by atoms with Crippen molar-refractivity contribution in [3.8, 4) is 5.75 Å². The summed E-state index contributed by atoms with van der Waals surface area (Å²) in [5, 5.41) is 3.65. The molecule has 0 aliphatic rings. The Morgan fingerprint density at radius 1 is 0.914 bits per heavy atom. The molecule has 0 radical (unpaired) electrons. The smallest absolute Gasteiger partial charge is 0.261 e. The number of aryl methyl sites for hydroxylation is 1. The molecule has 35 heavy (non-hydrogen) atoms. The minimum absolute atomic E-state index is 0.193. The van der Waals surface area contributed by atoms with Crippen molar-refractivity contribution in [1.82, 2.24) is 10.2 Å². The number of hydrogen-bond donors (Lipinski definition) is 1. The average Bonchev–Trinajstić information content (AvgIpc) is 2.81. The van der Waals surface area contributed by atoms with Crippen molar-refractivity contribution < 1.29 is 14.3 Å². The van der Waals surface area contributed by atoms with Crippen molar-refractivity contribution in [2.24, 2.45) is 0 Å². The molecule has 1 unspecified atom stereocenters. The second-order valence-corrected chi connectivity index (χ2v) is 10.1. The fourth-order valence-corrected chi connectivity index (χ4v) is 3.78. The van der Waals surface area contributed by atoms with Gasteiger partial charge in [0.1, 0.15) is 11.8 Å². The van der Waals surface area contributed by atoms with Crippen LogP contribution in [0, 0.1) is 6.92 Å². The normalized spacial score (nSPS) is 12.0. The summed E-state index contributed by atoms with van der Waals surface area (Å²) < 4.78 is 5.76. The highest BCUT2D eigenvalue weighted by atomic mass is 35.5. The van der Waals surface area contributed by atoms with E-state index in [1.165, 1.54) is 0 Å². The van der Waals surface area contributed by atoms with Gasteiger partial charge in [0.05, 0.1) is 0 Å². The number of ether oxygens (including phenoxy) is 1. The fraction of sp³-hybridized carbons (Fsp3) is 0.310. The first kappa shape index (κ1) is 26.3. The van der Waals surface area contributed by atoms with Crippen molar-refractivity contribution >= 4 is 23.4 Å². The Kier molecular flexibility index (Phi) is 8.94. The van der Waals surface area contributed by atoms with Gasteiger partial charge in [0.15, 0.2) is 6.61 Å². The van der Waals surface area contributed by atoms with Crippen molar-refractivity contribution in [1.29, 1.82) is 0 Å². The second kappa shape index (κ2) is 11.9. The Bertz CT molecular complexity index is 1110. The summed E-state index contributed by atoms with van der Waals surface area (Å²) in [6, 6.07) is 23.9. The average molecular weight is 493 g/mol. The van der Waals surface area contributed by atoms with Gasteiger partial charge in [-0.25, -0.2) is 0 Å². The zero-order valence-corrected chi connectivity index (χ0v) is 21.5. The maximum atomic E-state index is 13.6. The molecule has 2 amide bonds. The Morgan fingerprint density at radius 3 is 2.14 bits per heavy atom. The molecule has 3 aromatic carbocycles. The minimum atomic E-state index is -0.709. The molecule has 0 aromatic heterocycles. The number of rotatable bonds is 9. The van der Waals surface area contributed by atoms with Gasteiger partial charge in [-0.05, 0) is 63.1 Å². The summed E-state index contributed by atoms with van der Waals surface area (Å²) in [4.78, 5) is 28.7. The number of nitrogens with zero attached hydrogens (tertiary/aromatic N) is 1. The number of carbonyl (C=O) groups is 2. The van der Waals surface area contributed by atoms with Crippen LogP contribution < -0.4 is 10.1 Å². The summed E-state index contributed by atoms with van der Waals surface area (Å²) in [6.45, 7) is 7.90. The quantitative estimate of drug-likeness (QED) is 0.424. The van der Waals surface area contributed by atoms with Gasteiger partial charge in [-0.15, -0.1) is 0 Å². The van der Waals surface area contributed by atoms with Crippen molar-refractivity contribution in [3.63, 3.8) is 0 Å². The molecule has 0 heterocycles. The number of amides is 2. The SMILES string of the molecule is Cc1ccc(CN(C(=O)COc2ccc(Cl)cc2)C(Cc2ccccc2)C(=O)NC(C)(C)C)cc1. The molecule has 3 aromatic rings. The first-order chi connectivity index (χ1) is 16.6. The second-order valence-electron chi connectivity index (χ2n) is 9.69. The third-order valence-electron chi connectivity index (χ3n) is 5.42. The van der Waals surface area contributed by atoms with E-state index < -0.39 is 11.6 Å². The first-order valence-corrected chi connectivity index (χ1v) is 12.1. The highest BCUT2D eigenvalue weighted by Crippen LogP contribution is 2.19. The number of nitrogens with one attached hydrogen (secondary N) is 1. The van der Waals surface area contributed by atoms with E-state index in [0.29, 0.717) is 17.2 Å². The van der Waals surface area contributed by atoms with Crippen LogP contribution in [0.3, 0.4) is 0 Å². The van der Waals surface area contributed by atoms with Crippen LogP contribution in [-0.2, 0) is 22.6 Å². The van der Waals surface area contributed by atoms with Gasteiger partial charge in [0, 0.05) is 23.5 Å². The lowest BCUT2D eigenvalue weighted by Crippen LogP contribution is -2.55. The largest absolute Gasteiger partial charge is 0.484 e. The molecule has 1 N–H and O–H groups in total. The van der Waals surface area contributed by atoms with Crippen LogP contribution in [0.5, 0.6) is 5.75 Å². The number of carbonyl (C=O) groups excluding carboxylic acids is 2. The minimum Gasteiger partial charge on any atom is -0.484 e. The van der Waals surface area contributed by atoms with Gasteiger partial charge >= 0.3 is 0 Å². The van der Waals surface area contributed by atoms with Crippen molar-refractivity contribution in [3.05, 3.63) is 101 Å². The van der Waals surface area contributed by atoms with Gasteiger partial charge in [0.25, 0.3) is 5.91 Å². The third kappa shape index (κ3) is 8.45. The monoisotopic (exact) mass is 492 g/mol. The number of benzene rings is 3. The molecule has 0 aliphatic carbocycles. The maximum Gasteiger partial charge on any atom is 0.261 e. The molecule has 5 nitrogen and oxygen atoms in total. The molecule has 0 aliphatic heterocycles. The Hall–Kier alpha value is -3.31. The predicted octanol–water partition coefficient (Wildman–Crippen LogP) is 5.58. The van der Waals surface area contributed by atoms with Crippen LogP contribution in [0.4, 0.5) is 0 Å². The lowest BCUT2D eigenvalue weighted by molar-refractivity contribution is -0.143. The molecule has 0 saturated carbocycles. The molecule has 0 fully saturated rings. The van der Waals surface area contributed by atoms with E-state index in [4.69, 9.17) is 16.3 Å². The molecular formula is C29H33ClN2O3. The summed E-state index contributed by atoms with van der Waals surface area (Å²) in [5.74, 6) is 0.0654. The summed E-state index contributed by atoms with van der Waals surface area (Å²) in [6.07, 6.45) is 0.390. The first-order valence-electron chi connectivity index (χ1n) is 11.7. The number of hydrogen-bond acceptors (Lipinski definition) is 3. The highest BCUT2D eigenvalue weighted by molar-refractivity contribution is 6.30. The van der Waals surface area contributed by atoms with Crippen LogP contribution in [0.2, 0.25) is 5.02 Å². The van der Waals surface area contributed by atoms with Gasteiger partial charge in [-0.1, -0.05) is 71.8 Å². The highest BCUT2D eigenvalue weighted by Gasteiger charge is 2.32. The Labute approximate surface area is 213 Å². The van der Waals surface area contributed by atoms with Crippen LogP contribution in [-0.4, -0.2) is 34.9 Å². The third-order valence-corrected chi connectivity index (χ3v) is 5.67. The topological polar surface area (TPSA) is 58.6 Å². The van der Waals surface area contributed by atoms with Gasteiger partial charge in [-0.2, -0.15) is 0 Å². The zero-order chi connectivity index (χ0) is 25.4. The Balaban J connectivity index is 1.91. The molecule has 184 valence electrons. The van der Waals surface area contributed by atoms with E-state index in [2.05, 4.69) is 5.32 Å². The van der Waals surface area contributed by atoms with E-state index in [1.807, 2.05) is 82.3 Å². The number of halogens is 1. The van der Waals surface area contributed by atoms with Crippen LogP contribution >= 0.6 is 11.6 Å². The Morgan fingerprint density at radius 2 is 1.54 bits per heavy atom. The predicted molar refractivity (Wildman–Crippen MR) is 141 cm³/mol. The van der Waals surface area contributed by atoms with E-state index >= 15 is 0 Å². The lowest BCUT2D eigenvalue weighted by atomic mass is 10.0. The van der Waals surface area contributed by atoms with Crippen molar-refractivity contribution in [2.45, 2.75) is 52.2 Å². The molecule has 0 bridgehead atoms. The van der Waals surface area contributed by atoms with E-state index in [1.54, 1.807) is 29.2 Å². The lowest BCUT2D eigenvalue weighted by Gasteiger charge is -2.33. The molecular weight excluding hydrogens is 460 g/mol. The van der Waals surface area contributed by atoms with Crippen molar-refractivity contribution in [2.75, 3.05) is 6.61 Å². The van der Waals surface area contributed by atoms with Crippen LogP contribution in [0.15, 0.2) is 78.9 Å². The van der Waals surface area contributed by atoms with E-state index in [9.17, 15) is 9.59 Å². The molecule has 0 spiro atoms.